The van der Waals surface area contributed by atoms with Crippen molar-refractivity contribution in [2.45, 2.75) is 89.4 Å². The molecule has 1 aliphatic carbocycles. The van der Waals surface area contributed by atoms with Crippen molar-refractivity contribution in [1.82, 2.24) is 0 Å². The number of benzene rings is 3. The minimum absolute atomic E-state index is 0.0450. The third-order valence-electron chi connectivity index (χ3n) is 9.95. The lowest BCUT2D eigenvalue weighted by Gasteiger charge is -2.27. The molecule has 0 amide bonds. The van der Waals surface area contributed by atoms with Crippen LogP contribution in [0.3, 0.4) is 0 Å². The van der Waals surface area contributed by atoms with E-state index in [-0.39, 0.29) is 10.8 Å². The van der Waals surface area contributed by atoms with E-state index in [2.05, 4.69) is 136 Å². The topological polar surface area (TPSA) is 32.3 Å². The molecule has 0 atom stereocenters. The summed E-state index contributed by atoms with van der Waals surface area (Å²) in [6.07, 6.45) is 15.3. The van der Waals surface area contributed by atoms with E-state index in [4.69, 9.17) is 5.73 Å². The van der Waals surface area contributed by atoms with E-state index in [1.807, 2.05) is 23.9 Å². The van der Waals surface area contributed by atoms with Gasteiger partial charge in [0.25, 0.3) is 0 Å². The maximum atomic E-state index is 6.08. The second-order valence-corrected chi connectivity index (χ2v) is 15.0. The van der Waals surface area contributed by atoms with Gasteiger partial charge in [-0.25, -0.2) is 0 Å². The Kier molecular flexibility index (Phi) is 9.21. The predicted molar refractivity (Wildman–Crippen MR) is 200 cm³/mol. The second-order valence-electron chi connectivity index (χ2n) is 13.9. The van der Waals surface area contributed by atoms with Crippen LogP contribution in [0.25, 0.3) is 0 Å². The summed E-state index contributed by atoms with van der Waals surface area (Å²) in [7, 11) is 0. The molecule has 3 aromatic carbocycles. The van der Waals surface area contributed by atoms with Crippen molar-refractivity contribution >= 4 is 34.5 Å². The Bertz CT molecular complexity index is 1760. The molecule has 0 bridgehead atoms. The molecular formula is C42H50N3S+. The molecule has 4 heteroatoms. The van der Waals surface area contributed by atoms with Gasteiger partial charge in [-0.3, -0.25) is 0 Å². The van der Waals surface area contributed by atoms with Crippen LogP contribution in [0.2, 0.25) is 0 Å². The van der Waals surface area contributed by atoms with Crippen molar-refractivity contribution in [1.29, 1.82) is 0 Å². The summed E-state index contributed by atoms with van der Waals surface area (Å²) in [5.74, 6) is 0. The van der Waals surface area contributed by atoms with Crippen molar-refractivity contribution in [2.24, 2.45) is 0 Å². The van der Waals surface area contributed by atoms with Crippen molar-refractivity contribution in [2.75, 3.05) is 23.7 Å². The Morgan fingerprint density at radius 2 is 1.52 bits per heavy atom. The third kappa shape index (κ3) is 5.93. The minimum Gasteiger partial charge on any atom is -0.399 e. The number of fused-ring (bicyclic) bond motifs is 2. The van der Waals surface area contributed by atoms with Gasteiger partial charge in [-0.2, -0.15) is 4.58 Å². The Morgan fingerprint density at radius 1 is 0.804 bits per heavy atom. The van der Waals surface area contributed by atoms with Gasteiger partial charge in [-0.05, 0) is 92.6 Å². The van der Waals surface area contributed by atoms with Gasteiger partial charge in [-0.1, -0.05) is 88.0 Å². The van der Waals surface area contributed by atoms with Gasteiger partial charge >= 0.3 is 0 Å². The average molecular weight is 629 g/mol. The highest BCUT2D eigenvalue weighted by Crippen LogP contribution is 2.48. The van der Waals surface area contributed by atoms with Gasteiger partial charge in [0.15, 0.2) is 5.71 Å². The first kappa shape index (κ1) is 32.2. The predicted octanol–water partition coefficient (Wildman–Crippen LogP) is 10.9. The van der Waals surface area contributed by atoms with Crippen LogP contribution in [0.1, 0.15) is 84.8 Å². The molecule has 2 N–H and O–H groups in total. The maximum Gasteiger partial charge on any atom is 0.209 e. The smallest absolute Gasteiger partial charge is 0.209 e. The fraction of sp³-hybridized carbons (Fsp3) is 0.357. The zero-order chi connectivity index (χ0) is 32.5. The molecule has 0 aromatic heterocycles. The zero-order valence-corrected chi connectivity index (χ0v) is 29.4. The Labute approximate surface area is 281 Å². The standard InChI is InChI=1S/C42H50N3S/c1-7-28-44-36-18-11-9-16-34(36)41(3,4)38(44)26-20-30-14-13-15-31(40(30)46-33-24-22-32(43)23-25-33)21-27-39-42(5,6)35-17-10-12-19-37(35)45(39)29-8-2/h9-12,16-27H,7-8,13-15,28-29,43H2,1-6H3/q+1. The molecule has 0 saturated heterocycles. The molecule has 3 aliphatic rings. The molecule has 238 valence electrons. The van der Waals surface area contributed by atoms with Crippen LogP contribution in [0.15, 0.2) is 124 Å². The number of hydrogen-bond acceptors (Lipinski definition) is 3. The average Bonchev–Trinajstić information content (AvgIpc) is 3.39. The molecule has 2 aliphatic heterocycles. The largest absolute Gasteiger partial charge is 0.399 e. The lowest BCUT2D eigenvalue weighted by Crippen LogP contribution is -2.28. The quantitative estimate of drug-likeness (QED) is 0.189. The molecule has 3 aromatic rings. The number of para-hydroxylation sites is 2. The van der Waals surface area contributed by atoms with Crippen LogP contribution in [0, 0.1) is 0 Å². The maximum absolute atomic E-state index is 6.08. The number of rotatable bonds is 9. The van der Waals surface area contributed by atoms with Crippen molar-refractivity contribution < 1.29 is 4.58 Å². The van der Waals surface area contributed by atoms with Crippen LogP contribution in [0.4, 0.5) is 17.1 Å². The number of hydrogen-bond donors (Lipinski definition) is 1. The summed E-state index contributed by atoms with van der Waals surface area (Å²) in [6.45, 7) is 16.1. The molecule has 0 unspecified atom stereocenters. The van der Waals surface area contributed by atoms with Gasteiger partial charge in [-0.15, -0.1) is 0 Å². The Hall–Kier alpha value is -3.76. The molecule has 0 saturated carbocycles. The lowest BCUT2D eigenvalue weighted by atomic mass is 9.81. The van der Waals surface area contributed by atoms with Crippen molar-refractivity contribution in [3.63, 3.8) is 0 Å². The van der Waals surface area contributed by atoms with Gasteiger partial charge in [0.05, 0.1) is 5.41 Å². The summed E-state index contributed by atoms with van der Waals surface area (Å²) < 4.78 is 2.55. The van der Waals surface area contributed by atoms with Crippen LogP contribution >= 0.6 is 11.8 Å². The Balaban J connectivity index is 1.44. The minimum atomic E-state index is -0.0450. The fourth-order valence-corrected chi connectivity index (χ4v) is 8.69. The van der Waals surface area contributed by atoms with E-state index in [9.17, 15) is 0 Å². The molecule has 2 heterocycles. The summed E-state index contributed by atoms with van der Waals surface area (Å²) >= 11 is 1.89. The highest BCUT2D eigenvalue weighted by atomic mass is 32.2. The molecule has 3 nitrogen and oxygen atoms in total. The van der Waals surface area contributed by atoms with E-state index in [0.717, 1.165) is 50.9 Å². The molecular weight excluding hydrogens is 579 g/mol. The highest BCUT2D eigenvalue weighted by Gasteiger charge is 2.44. The third-order valence-corrected chi connectivity index (χ3v) is 11.2. The molecule has 0 fully saturated rings. The lowest BCUT2D eigenvalue weighted by molar-refractivity contribution is -0.437. The van der Waals surface area contributed by atoms with Gasteiger partial charge in [0.2, 0.25) is 5.69 Å². The van der Waals surface area contributed by atoms with E-state index in [1.165, 1.54) is 54.9 Å². The first-order valence-electron chi connectivity index (χ1n) is 17.1. The first-order chi connectivity index (χ1) is 22.2. The number of thioether (sulfide) groups is 1. The fourth-order valence-electron chi connectivity index (χ4n) is 7.58. The monoisotopic (exact) mass is 628 g/mol. The second kappa shape index (κ2) is 13.2. The molecule has 0 spiro atoms. The van der Waals surface area contributed by atoms with E-state index in [0.29, 0.717) is 0 Å². The SMILES string of the molecule is CCCN1/C(=C/C=C2\CCCC(/C=C/C3=[N+](CCC)c4ccccc4C3(C)C)=C2Sc2ccc(N)cc2)C(C)(C)c2ccccc21. The molecule has 46 heavy (non-hydrogen) atoms. The normalized spacial score (nSPS) is 20.3. The van der Waals surface area contributed by atoms with E-state index < -0.39 is 0 Å². The summed E-state index contributed by atoms with van der Waals surface area (Å²) in [6, 6.07) is 26.2. The van der Waals surface area contributed by atoms with Crippen molar-refractivity contribution in [3.8, 4) is 0 Å². The summed E-state index contributed by atoms with van der Waals surface area (Å²) in [5.41, 5.74) is 18.0. The number of nitrogen functional groups attached to an aromatic ring is 1. The summed E-state index contributed by atoms with van der Waals surface area (Å²) in [4.78, 5) is 5.16. The van der Waals surface area contributed by atoms with E-state index in [1.54, 1.807) is 0 Å². The highest BCUT2D eigenvalue weighted by molar-refractivity contribution is 8.03. The number of nitrogens with zero attached hydrogens (tertiary/aromatic N) is 2. The van der Waals surface area contributed by atoms with Gasteiger partial charge in [0, 0.05) is 63.0 Å². The number of nitrogens with two attached hydrogens (primary N) is 1. The molecule has 0 radical (unpaired) electrons. The van der Waals surface area contributed by atoms with Crippen LogP contribution < -0.4 is 10.6 Å². The zero-order valence-electron chi connectivity index (χ0n) is 28.6. The Morgan fingerprint density at radius 3 is 2.26 bits per heavy atom. The van der Waals surface area contributed by atoms with E-state index >= 15 is 0 Å². The van der Waals surface area contributed by atoms with Gasteiger partial charge in [0.1, 0.15) is 6.54 Å². The first-order valence-corrected chi connectivity index (χ1v) is 18.0. The molecule has 6 rings (SSSR count). The van der Waals surface area contributed by atoms with Crippen LogP contribution in [-0.4, -0.2) is 23.4 Å². The summed E-state index contributed by atoms with van der Waals surface area (Å²) in [5, 5.41) is 0. The van der Waals surface area contributed by atoms with Crippen molar-refractivity contribution in [3.05, 3.63) is 130 Å². The van der Waals surface area contributed by atoms with Gasteiger partial charge < -0.3 is 10.6 Å². The van der Waals surface area contributed by atoms with Crippen LogP contribution in [-0.2, 0) is 10.8 Å². The van der Waals surface area contributed by atoms with Crippen LogP contribution in [0.5, 0.6) is 0 Å². The number of anilines is 2. The number of allylic oxidation sites excluding steroid dienone is 7.